The van der Waals surface area contributed by atoms with E-state index >= 15 is 0 Å². The summed E-state index contributed by atoms with van der Waals surface area (Å²) in [5.41, 5.74) is 2.11. The monoisotopic (exact) mass is 294 g/mol. The molecule has 0 aromatic heterocycles. The molecule has 1 aliphatic rings. The summed E-state index contributed by atoms with van der Waals surface area (Å²) in [5, 5.41) is 0. The van der Waals surface area contributed by atoms with Gasteiger partial charge in [0, 0.05) is 37.8 Å². The highest BCUT2D eigenvalue weighted by atomic mass is 16.2. The van der Waals surface area contributed by atoms with Crippen LogP contribution in [0, 0.1) is 0 Å². The fourth-order valence-electron chi connectivity index (χ4n) is 3.07. The van der Waals surface area contributed by atoms with E-state index in [1.165, 1.54) is 5.56 Å². The molecular formula is C19H22N2O. The highest BCUT2D eigenvalue weighted by Crippen LogP contribution is 2.16. The molecule has 1 atom stereocenters. The van der Waals surface area contributed by atoms with Gasteiger partial charge in [-0.25, -0.2) is 0 Å². The van der Waals surface area contributed by atoms with Crippen molar-refractivity contribution in [2.45, 2.75) is 19.5 Å². The largest absolute Gasteiger partial charge is 0.333 e. The van der Waals surface area contributed by atoms with Crippen LogP contribution >= 0.6 is 0 Å². The molecule has 0 radical (unpaired) electrons. The summed E-state index contributed by atoms with van der Waals surface area (Å²) in [6.07, 6.45) is 0. The highest BCUT2D eigenvalue weighted by molar-refractivity contribution is 5.94. The van der Waals surface area contributed by atoms with Crippen molar-refractivity contribution in [1.82, 2.24) is 9.80 Å². The van der Waals surface area contributed by atoms with Gasteiger partial charge in [0.2, 0.25) is 0 Å². The van der Waals surface area contributed by atoms with Gasteiger partial charge < -0.3 is 4.90 Å². The lowest BCUT2D eigenvalue weighted by Crippen LogP contribution is -2.53. The SMILES string of the molecule is C[C@@H]1CN(Cc2ccccc2)CCN1C(=O)c1ccccc1. The molecule has 22 heavy (non-hydrogen) atoms. The number of carbonyl (C=O) groups excluding carboxylic acids is 1. The lowest BCUT2D eigenvalue weighted by molar-refractivity contribution is 0.0475. The topological polar surface area (TPSA) is 23.6 Å². The second-order valence-corrected chi connectivity index (χ2v) is 5.93. The van der Waals surface area contributed by atoms with Crippen molar-refractivity contribution in [2.75, 3.05) is 19.6 Å². The third kappa shape index (κ3) is 3.37. The van der Waals surface area contributed by atoms with Gasteiger partial charge in [-0.3, -0.25) is 9.69 Å². The number of hydrogen-bond donors (Lipinski definition) is 0. The van der Waals surface area contributed by atoms with Crippen LogP contribution in [0.25, 0.3) is 0 Å². The number of benzene rings is 2. The summed E-state index contributed by atoms with van der Waals surface area (Å²) < 4.78 is 0. The van der Waals surface area contributed by atoms with Crippen molar-refractivity contribution in [3.63, 3.8) is 0 Å². The lowest BCUT2D eigenvalue weighted by Gasteiger charge is -2.40. The zero-order chi connectivity index (χ0) is 15.4. The number of amides is 1. The van der Waals surface area contributed by atoms with Crippen molar-refractivity contribution in [3.8, 4) is 0 Å². The molecule has 1 amide bonds. The average Bonchev–Trinajstić information content (AvgIpc) is 2.56. The predicted molar refractivity (Wildman–Crippen MR) is 88.7 cm³/mol. The zero-order valence-corrected chi connectivity index (χ0v) is 13.0. The van der Waals surface area contributed by atoms with Crippen LogP contribution in [-0.2, 0) is 6.54 Å². The van der Waals surface area contributed by atoms with Gasteiger partial charge in [0.1, 0.15) is 0 Å². The summed E-state index contributed by atoms with van der Waals surface area (Å²) >= 11 is 0. The quantitative estimate of drug-likeness (QED) is 0.868. The smallest absolute Gasteiger partial charge is 0.254 e. The minimum atomic E-state index is 0.146. The molecule has 3 heteroatoms. The summed E-state index contributed by atoms with van der Waals surface area (Å²) in [6, 6.07) is 20.3. The van der Waals surface area contributed by atoms with E-state index in [4.69, 9.17) is 0 Å². The van der Waals surface area contributed by atoms with E-state index in [1.54, 1.807) is 0 Å². The molecule has 1 aliphatic heterocycles. The van der Waals surface area contributed by atoms with Crippen LogP contribution in [0.3, 0.4) is 0 Å². The van der Waals surface area contributed by atoms with Gasteiger partial charge in [0.15, 0.2) is 0 Å². The minimum Gasteiger partial charge on any atom is -0.333 e. The van der Waals surface area contributed by atoms with E-state index in [2.05, 4.69) is 36.1 Å². The molecule has 3 nitrogen and oxygen atoms in total. The van der Waals surface area contributed by atoms with Crippen LogP contribution in [0.5, 0.6) is 0 Å². The third-order valence-electron chi connectivity index (χ3n) is 4.24. The molecule has 0 spiro atoms. The first-order valence-corrected chi connectivity index (χ1v) is 7.86. The van der Waals surface area contributed by atoms with Crippen LogP contribution in [-0.4, -0.2) is 41.4 Å². The van der Waals surface area contributed by atoms with Crippen molar-refractivity contribution >= 4 is 5.91 Å². The molecule has 1 saturated heterocycles. The third-order valence-corrected chi connectivity index (χ3v) is 4.24. The molecule has 3 rings (SSSR count). The first-order valence-electron chi connectivity index (χ1n) is 7.86. The number of carbonyl (C=O) groups is 1. The fraction of sp³-hybridized carbons (Fsp3) is 0.316. The zero-order valence-electron chi connectivity index (χ0n) is 13.0. The average molecular weight is 294 g/mol. The Balaban J connectivity index is 1.62. The first-order chi connectivity index (χ1) is 10.7. The van der Waals surface area contributed by atoms with Crippen molar-refractivity contribution in [1.29, 1.82) is 0 Å². The molecule has 0 bridgehead atoms. The van der Waals surface area contributed by atoms with Gasteiger partial charge in [-0.05, 0) is 24.6 Å². The van der Waals surface area contributed by atoms with Gasteiger partial charge in [-0.2, -0.15) is 0 Å². The van der Waals surface area contributed by atoms with Crippen LogP contribution in [0.2, 0.25) is 0 Å². The molecule has 0 saturated carbocycles. The molecule has 2 aromatic rings. The van der Waals surface area contributed by atoms with Gasteiger partial charge in [0.05, 0.1) is 0 Å². The molecule has 114 valence electrons. The highest BCUT2D eigenvalue weighted by Gasteiger charge is 2.27. The van der Waals surface area contributed by atoms with E-state index < -0.39 is 0 Å². The lowest BCUT2D eigenvalue weighted by atomic mass is 10.1. The first kappa shape index (κ1) is 14.8. The number of hydrogen-bond acceptors (Lipinski definition) is 2. The maximum absolute atomic E-state index is 12.6. The number of rotatable bonds is 3. The molecule has 0 unspecified atom stereocenters. The van der Waals surface area contributed by atoms with Crippen molar-refractivity contribution < 1.29 is 4.79 Å². The molecular weight excluding hydrogens is 272 g/mol. The van der Waals surface area contributed by atoms with E-state index in [0.717, 1.165) is 31.7 Å². The summed E-state index contributed by atoms with van der Waals surface area (Å²) in [6.45, 7) is 5.74. The van der Waals surface area contributed by atoms with Gasteiger partial charge >= 0.3 is 0 Å². The Kier molecular flexibility index (Phi) is 4.54. The van der Waals surface area contributed by atoms with Crippen LogP contribution in [0.1, 0.15) is 22.8 Å². The Morgan fingerprint density at radius 3 is 2.27 bits per heavy atom. The number of nitrogens with zero attached hydrogens (tertiary/aromatic N) is 2. The van der Waals surface area contributed by atoms with Crippen LogP contribution in [0.4, 0.5) is 0 Å². The summed E-state index contributed by atoms with van der Waals surface area (Å²) in [4.78, 5) is 17.0. The Labute approximate surface area is 132 Å². The Hall–Kier alpha value is -2.13. The molecule has 1 heterocycles. The molecule has 0 N–H and O–H groups in total. The van der Waals surface area contributed by atoms with Gasteiger partial charge in [-0.15, -0.1) is 0 Å². The van der Waals surface area contributed by atoms with E-state index in [1.807, 2.05) is 41.3 Å². The second kappa shape index (κ2) is 6.75. The second-order valence-electron chi connectivity index (χ2n) is 5.93. The summed E-state index contributed by atoms with van der Waals surface area (Å²) in [5.74, 6) is 0.146. The Morgan fingerprint density at radius 1 is 1.00 bits per heavy atom. The van der Waals surface area contributed by atoms with E-state index in [0.29, 0.717) is 0 Å². The maximum Gasteiger partial charge on any atom is 0.254 e. The van der Waals surface area contributed by atoms with Gasteiger partial charge in [0.25, 0.3) is 5.91 Å². The van der Waals surface area contributed by atoms with Crippen LogP contribution in [0.15, 0.2) is 60.7 Å². The molecule has 0 aliphatic carbocycles. The molecule has 2 aromatic carbocycles. The molecule has 1 fully saturated rings. The maximum atomic E-state index is 12.6. The fourth-order valence-corrected chi connectivity index (χ4v) is 3.07. The van der Waals surface area contributed by atoms with Crippen molar-refractivity contribution in [2.24, 2.45) is 0 Å². The normalized spacial score (nSPS) is 19.1. The number of piperazine rings is 1. The van der Waals surface area contributed by atoms with Crippen molar-refractivity contribution in [3.05, 3.63) is 71.8 Å². The van der Waals surface area contributed by atoms with E-state index in [9.17, 15) is 4.79 Å². The Bertz CT molecular complexity index is 612. The minimum absolute atomic E-state index is 0.146. The predicted octanol–water partition coefficient (Wildman–Crippen LogP) is 3.03. The van der Waals surface area contributed by atoms with Gasteiger partial charge in [-0.1, -0.05) is 48.5 Å². The summed E-state index contributed by atoms with van der Waals surface area (Å²) in [7, 11) is 0. The Morgan fingerprint density at radius 2 is 1.64 bits per heavy atom. The van der Waals surface area contributed by atoms with E-state index in [-0.39, 0.29) is 11.9 Å². The van der Waals surface area contributed by atoms with Crippen LogP contribution < -0.4 is 0 Å². The standard InChI is InChI=1S/C19H22N2O/c1-16-14-20(15-17-8-4-2-5-9-17)12-13-21(16)19(22)18-10-6-3-7-11-18/h2-11,16H,12-15H2,1H3/t16-/m1/s1.